The highest BCUT2D eigenvalue weighted by atomic mass is 19.1. The molecule has 2 fully saturated rings. The van der Waals surface area contributed by atoms with Gasteiger partial charge in [0.1, 0.15) is 18.2 Å². The van der Waals surface area contributed by atoms with Crippen molar-refractivity contribution in [3.05, 3.63) is 47.7 Å². The highest BCUT2D eigenvalue weighted by molar-refractivity contribution is 5.84. The quantitative estimate of drug-likeness (QED) is 0.471. The molecule has 1 aliphatic carbocycles. The lowest BCUT2D eigenvalue weighted by molar-refractivity contribution is -0.122. The Morgan fingerprint density at radius 1 is 1.26 bits per heavy atom. The fourth-order valence-corrected chi connectivity index (χ4v) is 6.45. The molecule has 3 N–H and O–H groups in total. The predicted molar refractivity (Wildman–Crippen MR) is 144 cm³/mol. The highest BCUT2D eigenvalue weighted by Gasteiger charge is 2.42. The van der Waals surface area contributed by atoms with Gasteiger partial charge in [0.05, 0.1) is 12.2 Å². The molecule has 4 heterocycles. The van der Waals surface area contributed by atoms with E-state index in [1.165, 1.54) is 6.20 Å². The highest BCUT2D eigenvalue weighted by Crippen LogP contribution is 2.34. The molecule has 0 radical (unpaired) electrons. The van der Waals surface area contributed by atoms with Gasteiger partial charge in [-0.3, -0.25) is 9.69 Å². The van der Waals surface area contributed by atoms with E-state index in [4.69, 9.17) is 10.9 Å². The molecule has 0 aromatic rings. The number of ether oxygens (including phenoxy) is 2. The summed E-state index contributed by atoms with van der Waals surface area (Å²) in [5.41, 5.74) is 0.490. The van der Waals surface area contributed by atoms with Crippen molar-refractivity contribution in [2.75, 3.05) is 13.6 Å². The number of halogens is 1. The average molecular weight is 530 g/mol. The van der Waals surface area contributed by atoms with Crippen molar-refractivity contribution < 1.29 is 20.1 Å². The van der Waals surface area contributed by atoms with Crippen molar-refractivity contribution in [3.63, 3.8) is 0 Å². The summed E-state index contributed by atoms with van der Waals surface area (Å²) in [4.78, 5) is 19.4. The molecule has 4 aliphatic heterocycles. The van der Waals surface area contributed by atoms with E-state index in [0.29, 0.717) is 23.6 Å². The Bertz CT molecular complexity index is 1120. The molecule has 10 heteroatoms. The van der Waals surface area contributed by atoms with Gasteiger partial charge >= 0.3 is 0 Å². The van der Waals surface area contributed by atoms with Crippen LogP contribution in [0.25, 0.3) is 0 Å². The predicted octanol–water partition coefficient (Wildman–Crippen LogP) is 3.35. The van der Waals surface area contributed by atoms with Gasteiger partial charge in [0.25, 0.3) is 0 Å². The van der Waals surface area contributed by atoms with Gasteiger partial charge in [0, 0.05) is 41.9 Å². The normalized spacial score (nSPS) is 31.4. The summed E-state index contributed by atoms with van der Waals surface area (Å²) in [5, 5.41) is 7.96. The number of likely N-dealkylation sites (N-methyl/N-ethyl adjacent to an activating group) is 1. The number of amides is 1. The number of carbonyl (C=O) groups excluding carboxylic acids is 1. The maximum absolute atomic E-state index is 15.1. The Labute approximate surface area is 226 Å². The monoisotopic (exact) mass is 529 g/mol. The van der Waals surface area contributed by atoms with Crippen LogP contribution in [0.2, 0.25) is 1.41 Å². The standard InChI is InChI=1S/C28H41FN6O3/c1-27(2)13-19(14-28(3,4)33-27)34(5)25-20(29)15-30-26(32-25)31-18-9-10-22-23(12-18)37-16-24(38-22)21-8-6-7-11-35(21)17-36/h9,12,15-17,19,21-22,25,33H,6-8,10-11,13-14H2,1-5H3,(H2,30,31,32)/i/hD. The van der Waals surface area contributed by atoms with Gasteiger partial charge in [0.15, 0.2) is 19.1 Å². The smallest absolute Gasteiger partial charge is 0.210 e. The third kappa shape index (κ3) is 5.76. The van der Waals surface area contributed by atoms with Crippen molar-refractivity contribution in [1.82, 2.24) is 25.7 Å². The zero-order valence-corrected chi connectivity index (χ0v) is 23.0. The molecule has 0 saturated carbocycles. The molecular formula is C28H41FN6O3. The lowest BCUT2D eigenvalue weighted by atomic mass is 9.79. The molecule has 5 aliphatic rings. The minimum Gasteiger partial charge on any atom is -0.481 e. The van der Waals surface area contributed by atoms with Crippen molar-refractivity contribution >= 4 is 12.4 Å². The topological polar surface area (TPSA) is 90.5 Å². The molecule has 0 aromatic heterocycles. The molecular weight excluding hydrogens is 487 g/mol. The van der Waals surface area contributed by atoms with Gasteiger partial charge in [-0.05, 0) is 66.8 Å². The number of carbonyl (C=O) groups is 1. The molecule has 38 heavy (non-hydrogen) atoms. The van der Waals surface area contributed by atoms with Crippen molar-refractivity contribution in [2.45, 2.75) is 102 Å². The summed E-state index contributed by atoms with van der Waals surface area (Å²) in [6.07, 6.45) is 11.4. The number of piperidine rings is 2. The maximum Gasteiger partial charge on any atom is 0.210 e. The number of hydrogen-bond donors (Lipinski definition) is 3. The van der Waals surface area contributed by atoms with Crippen molar-refractivity contribution in [2.24, 2.45) is 4.99 Å². The van der Waals surface area contributed by atoms with E-state index in [2.05, 4.69) is 43.3 Å². The minimum absolute atomic E-state index is 0.0810. The van der Waals surface area contributed by atoms with E-state index in [-0.39, 0.29) is 35.2 Å². The molecule has 1 amide bonds. The molecule has 5 rings (SSSR count). The van der Waals surface area contributed by atoms with Gasteiger partial charge in [-0.15, -0.1) is 0 Å². The molecule has 0 aromatic carbocycles. The Hall–Kier alpha value is -2.85. The second-order valence-electron chi connectivity index (χ2n) is 12.3. The summed E-state index contributed by atoms with van der Waals surface area (Å²) in [7, 11) is 1.88. The number of likely N-dealkylation sites (tertiary alicyclic amines) is 1. The van der Waals surface area contributed by atoms with Gasteiger partial charge in [0.2, 0.25) is 12.4 Å². The summed E-state index contributed by atoms with van der Waals surface area (Å²) in [6, 6.07) is -0.0149. The van der Waals surface area contributed by atoms with Gasteiger partial charge in [-0.25, -0.2) is 9.38 Å². The van der Waals surface area contributed by atoms with E-state index < -0.39 is 12.0 Å². The zero-order chi connectivity index (χ0) is 27.9. The lowest BCUT2D eigenvalue weighted by Crippen LogP contribution is -2.64. The number of guanidine groups is 1. The fraction of sp³-hybridized carbons (Fsp3) is 0.643. The number of fused-ring (bicyclic) bond motifs is 1. The molecule has 2 saturated heterocycles. The number of nitrogens with one attached hydrogen (secondary N) is 3. The molecule has 0 bridgehead atoms. The van der Waals surface area contributed by atoms with Crippen LogP contribution < -0.4 is 15.9 Å². The third-order valence-corrected chi connectivity index (χ3v) is 7.95. The fourth-order valence-electron chi connectivity index (χ4n) is 6.45. The molecule has 0 spiro atoms. The van der Waals surface area contributed by atoms with E-state index in [9.17, 15) is 4.79 Å². The largest absolute Gasteiger partial charge is 0.481 e. The van der Waals surface area contributed by atoms with Crippen LogP contribution in [0.5, 0.6) is 0 Å². The number of aliphatic imine (C=N–C) groups is 1. The first-order chi connectivity index (χ1) is 18.5. The first-order valence-electron chi connectivity index (χ1n) is 14.1. The van der Waals surface area contributed by atoms with Crippen LogP contribution in [0.3, 0.4) is 0 Å². The Kier molecular flexibility index (Phi) is 6.94. The Morgan fingerprint density at radius 2 is 2.03 bits per heavy atom. The maximum atomic E-state index is 15.1. The molecule has 208 valence electrons. The van der Waals surface area contributed by atoms with E-state index >= 15 is 4.39 Å². The van der Waals surface area contributed by atoms with Crippen LogP contribution in [-0.2, 0) is 14.3 Å². The van der Waals surface area contributed by atoms with Crippen LogP contribution >= 0.6 is 0 Å². The van der Waals surface area contributed by atoms with Crippen molar-refractivity contribution in [1.29, 1.82) is 0 Å². The first-order valence-corrected chi connectivity index (χ1v) is 13.6. The van der Waals surface area contributed by atoms with Crippen LogP contribution in [-0.4, -0.2) is 71.2 Å². The molecule has 3 unspecified atom stereocenters. The van der Waals surface area contributed by atoms with Crippen molar-refractivity contribution in [3.8, 4) is 0 Å². The third-order valence-electron chi connectivity index (χ3n) is 7.95. The average Bonchev–Trinajstić information content (AvgIpc) is 2.88. The van der Waals surface area contributed by atoms with E-state index in [1.807, 2.05) is 24.1 Å². The van der Waals surface area contributed by atoms with Gasteiger partial charge < -0.3 is 30.3 Å². The number of allylic oxidation sites excluding steroid dienone is 1. The zero-order valence-electron chi connectivity index (χ0n) is 24.0. The lowest BCUT2D eigenvalue weighted by Gasteiger charge is -2.50. The number of hydrogen-bond acceptors (Lipinski definition) is 8. The number of rotatable bonds is 5. The van der Waals surface area contributed by atoms with Gasteiger partial charge in [-0.2, -0.15) is 0 Å². The SMILES string of the molecule is [2H]N1C(NC2=CCC3OC(C4CCCCN4C=O)=COC3=C2)=NC=C(F)C1N(C)C1CC(C)(C)NC(C)(C)C1. The minimum atomic E-state index is -0.889. The Balaban J connectivity index is 1.26. The summed E-state index contributed by atoms with van der Waals surface area (Å²) < 4.78 is 36.1. The van der Waals surface area contributed by atoms with Crippen LogP contribution in [0.15, 0.2) is 52.6 Å². The van der Waals surface area contributed by atoms with E-state index in [1.54, 1.807) is 11.2 Å². The summed E-state index contributed by atoms with van der Waals surface area (Å²) >= 11 is 0. The van der Waals surface area contributed by atoms with Crippen LogP contribution in [0.4, 0.5) is 4.39 Å². The Morgan fingerprint density at radius 3 is 2.76 bits per heavy atom. The summed E-state index contributed by atoms with van der Waals surface area (Å²) in [5.74, 6) is 1.09. The van der Waals surface area contributed by atoms with Gasteiger partial charge in [-0.1, -0.05) is 6.08 Å². The first kappa shape index (κ1) is 25.4. The number of nitrogens with zero attached hydrogens (tertiary/aromatic N) is 3. The summed E-state index contributed by atoms with van der Waals surface area (Å²) in [6.45, 7) is 9.36. The van der Waals surface area contributed by atoms with E-state index in [0.717, 1.165) is 50.4 Å². The second-order valence-corrected chi connectivity index (χ2v) is 12.3. The van der Waals surface area contributed by atoms with Crippen LogP contribution in [0.1, 0.15) is 66.2 Å². The molecule has 3 atom stereocenters. The van der Waals surface area contributed by atoms with Crippen LogP contribution in [0, 0.1) is 0 Å². The molecule has 9 nitrogen and oxygen atoms in total. The second kappa shape index (κ2) is 10.4.